The minimum Gasteiger partial charge on any atom is -0.395 e. The van der Waals surface area contributed by atoms with Gasteiger partial charge in [0.05, 0.1) is 37.6 Å². The van der Waals surface area contributed by atoms with Gasteiger partial charge in [-0.15, -0.1) is 0 Å². The Labute approximate surface area is 82.0 Å². The quantitative estimate of drug-likeness (QED) is 0.331. The number of rotatable bonds is 4. The van der Waals surface area contributed by atoms with Crippen LogP contribution in [0.25, 0.3) is 0 Å². The molecule has 1 aliphatic heterocycles. The number of aliphatic hydroxyl groups is 5. The Bertz CT molecular complexity index is 179. The monoisotopic (exact) mass is 207 g/mol. The molecule has 0 aliphatic carbocycles. The zero-order valence-electron chi connectivity index (χ0n) is 7.82. The summed E-state index contributed by atoms with van der Waals surface area (Å²) >= 11 is 0. The number of hydrogen-bond acceptors (Lipinski definition) is 6. The first kappa shape index (κ1) is 11.8. The van der Waals surface area contributed by atoms with Crippen LogP contribution in [0.4, 0.5) is 0 Å². The molecule has 0 saturated carbocycles. The molecule has 84 valence electrons. The van der Waals surface area contributed by atoms with Gasteiger partial charge in [0.2, 0.25) is 0 Å². The Hall–Kier alpha value is -0.240. The summed E-state index contributed by atoms with van der Waals surface area (Å²) in [7, 11) is 0. The predicted octanol–water partition coefficient (Wildman–Crippen LogP) is -3.26. The third-order valence-corrected chi connectivity index (χ3v) is 2.52. The van der Waals surface area contributed by atoms with Crippen LogP contribution in [-0.2, 0) is 0 Å². The van der Waals surface area contributed by atoms with Gasteiger partial charge in [0.15, 0.2) is 0 Å². The van der Waals surface area contributed by atoms with Crippen molar-refractivity contribution in [2.24, 2.45) is 0 Å². The fourth-order valence-electron chi connectivity index (χ4n) is 1.72. The highest BCUT2D eigenvalue weighted by molar-refractivity contribution is 4.93. The maximum absolute atomic E-state index is 9.42. The third kappa shape index (κ3) is 2.41. The first-order valence-corrected chi connectivity index (χ1v) is 4.60. The van der Waals surface area contributed by atoms with Crippen molar-refractivity contribution in [3.05, 3.63) is 0 Å². The topological polar surface area (TPSA) is 104 Å². The van der Waals surface area contributed by atoms with Gasteiger partial charge in [0.25, 0.3) is 0 Å². The number of aliphatic hydroxyl groups excluding tert-OH is 5. The molecule has 0 amide bonds. The van der Waals surface area contributed by atoms with Crippen LogP contribution in [0, 0.1) is 0 Å². The molecule has 4 atom stereocenters. The molecule has 1 unspecified atom stereocenters. The molecular formula is C8H17NO5. The van der Waals surface area contributed by atoms with Gasteiger partial charge >= 0.3 is 0 Å². The fourth-order valence-corrected chi connectivity index (χ4v) is 1.72. The van der Waals surface area contributed by atoms with Crippen molar-refractivity contribution in [2.45, 2.75) is 24.4 Å². The Kier molecular flexibility index (Phi) is 4.24. The van der Waals surface area contributed by atoms with E-state index in [-0.39, 0.29) is 26.3 Å². The van der Waals surface area contributed by atoms with Gasteiger partial charge in [0.1, 0.15) is 0 Å². The molecule has 0 aromatic carbocycles. The van der Waals surface area contributed by atoms with Crippen LogP contribution in [0.1, 0.15) is 0 Å². The minimum absolute atomic E-state index is 0.135. The second-order valence-electron chi connectivity index (χ2n) is 3.60. The van der Waals surface area contributed by atoms with Crippen LogP contribution < -0.4 is 0 Å². The summed E-state index contributed by atoms with van der Waals surface area (Å²) in [5.74, 6) is 0. The Morgan fingerprint density at radius 1 is 1.29 bits per heavy atom. The van der Waals surface area contributed by atoms with Crippen molar-refractivity contribution in [3.8, 4) is 0 Å². The molecule has 1 rings (SSSR count). The second kappa shape index (κ2) is 5.01. The summed E-state index contributed by atoms with van der Waals surface area (Å²) in [6.07, 6.45) is -2.81. The minimum atomic E-state index is -0.995. The lowest BCUT2D eigenvalue weighted by molar-refractivity contribution is 0.0104. The van der Waals surface area contributed by atoms with E-state index in [1.165, 1.54) is 0 Å². The Balaban J connectivity index is 2.52. The van der Waals surface area contributed by atoms with Gasteiger partial charge < -0.3 is 25.5 Å². The molecule has 0 aromatic rings. The molecule has 1 fully saturated rings. The number of nitrogens with zero attached hydrogens (tertiary/aromatic N) is 1. The van der Waals surface area contributed by atoms with Crippen LogP contribution >= 0.6 is 0 Å². The van der Waals surface area contributed by atoms with Gasteiger partial charge in [-0.25, -0.2) is 0 Å². The Morgan fingerprint density at radius 3 is 2.43 bits per heavy atom. The van der Waals surface area contributed by atoms with Gasteiger partial charge in [-0.3, -0.25) is 4.90 Å². The average molecular weight is 207 g/mol. The van der Waals surface area contributed by atoms with Crippen molar-refractivity contribution in [1.29, 1.82) is 0 Å². The molecule has 6 heteroatoms. The SMILES string of the molecule is OCC(O)CN1C[C@@H](O)[C@H](O)[C@H]1CO. The lowest BCUT2D eigenvalue weighted by atomic mass is 10.1. The fraction of sp³-hybridized carbons (Fsp3) is 1.00. The molecule has 14 heavy (non-hydrogen) atoms. The van der Waals surface area contributed by atoms with E-state index in [0.29, 0.717) is 0 Å². The average Bonchev–Trinajstić information content (AvgIpc) is 2.42. The molecular weight excluding hydrogens is 190 g/mol. The molecule has 0 aromatic heterocycles. The number of β-amino-alcohol motifs (C(OH)–C–C–N with tert-alkyl or cyclic N) is 2. The van der Waals surface area contributed by atoms with Gasteiger partial charge in [-0.05, 0) is 0 Å². The van der Waals surface area contributed by atoms with Gasteiger partial charge in [-0.2, -0.15) is 0 Å². The maximum Gasteiger partial charge on any atom is 0.0988 e. The summed E-state index contributed by atoms with van der Waals surface area (Å²) in [6, 6.07) is -0.564. The lowest BCUT2D eigenvalue weighted by Crippen LogP contribution is -2.43. The molecule has 0 bridgehead atoms. The normalized spacial score (nSPS) is 36.2. The van der Waals surface area contributed by atoms with E-state index in [1.54, 1.807) is 4.90 Å². The third-order valence-electron chi connectivity index (χ3n) is 2.52. The zero-order valence-corrected chi connectivity index (χ0v) is 7.82. The second-order valence-corrected chi connectivity index (χ2v) is 3.60. The number of likely N-dealkylation sites (tertiary alicyclic amines) is 1. The maximum atomic E-state index is 9.42. The van der Waals surface area contributed by atoms with E-state index >= 15 is 0 Å². The first-order valence-electron chi connectivity index (χ1n) is 4.60. The molecule has 1 heterocycles. The van der Waals surface area contributed by atoms with Gasteiger partial charge in [-0.1, -0.05) is 0 Å². The largest absolute Gasteiger partial charge is 0.395 e. The molecule has 5 N–H and O–H groups in total. The van der Waals surface area contributed by atoms with Crippen LogP contribution in [0.3, 0.4) is 0 Å². The van der Waals surface area contributed by atoms with Crippen molar-refractivity contribution in [1.82, 2.24) is 4.90 Å². The van der Waals surface area contributed by atoms with Gasteiger partial charge in [0, 0.05) is 13.1 Å². The molecule has 6 nitrogen and oxygen atoms in total. The van der Waals surface area contributed by atoms with E-state index in [9.17, 15) is 10.2 Å². The standard InChI is InChI=1S/C8H17NO5/c10-3-5(12)1-9-2-7(13)8(14)6(9)4-11/h5-8,10-14H,1-4H2/t5?,6-,7-,8-/m1/s1. The molecule has 1 aliphatic rings. The lowest BCUT2D eigenvalue weighted by Gasteiger charge is -2.25. The summed E-state index contributed by atoms with van der Waals surface area (Å²) in [5.41, 5.74) is 0. The first-order chi connectivity index (χ1) is 6.60. The van der Waals surface area contributed by atoms with Crippen molar-refractivity contribution in [2.75, 3.05) is 26.3 Å². The van der Waals surface area contributed by atoms with Crippen LogP contribution in [0.5, 0.6) is 0 Å². The summed E-state index contributed by atoms with van der Waals surface area (Å²) in [6.45, 7) is -0.323. The highest BCUT2D eigenvalue weighted by atomic mass is 16.3. The smallest absolute Gasteiger partial charge is 0.0988 e. The molecule has 1 saturated heterocycles. The summed E-state index contributed by atoms with van der Waals surface area (Å²) < 4.78 is 0. The van der Waals surface area contributed by atoms with Crippen LogP contribution in [-0.4, -0.2) is 81.1 Å². The predicted molar refractivity (Wildman–Crippen MR) is 47.6 cm³/mol. The van der Waals surface area contributed by atoms with E-state index in [1.807, 2.05) is 0 Å². The molecule has 0 spiro atoms. The highest BCUT2D eigenvalue weighted by Gasteiger charge is 2.39. The summed E-state index contributed by atoms with van der Waals surface area (Å²) in [5, 5.41) is 45.5. The summed E-state index contributed by atoms with van der Waals surface area (Å²) in [4.78, 5) is 1.57. The van der Waals surface area contributed by atoms with E-state index in [2.05, 4.69) is 0 Å². The van der Waals surface area contributed by atoms with Crippen LogP contribution in [0.2, 0.25) is 0 Å². The van der Waals surface area contributed by atoms with Crippen molar-refractivity contribution < 1.29 is 25.5 Å². The molecule has 0 radical (unpaired) electrons. The van der Waals surface area contributed by atoms with E-state index < -0.39 is 24.4 Å². The zero-order chi connectivity index (χ0) is 10.7. The van der Waals surface area contributed by atoms with Crippen LogP contribution in [0.15, 0.2) is 0 Å². The highest BCUT2D eigenvalue weighted by Crippen LogP contribution is 2.18. The van der Waals surface area contributed by atoms with Crippen molar-refractivity contribution in [3.63, 3.8) is 0 Å². The van der Waals surface area contributed by atoms with E-state index in [0.717, 1.165) is 0 Å². The van der Waals surface area contributed by atoms with E-state index in [4.69, 9.17) is 15.3 Å². The Morgan fingerprint density at radius 2 is 1.93 bits per heavy atom. The number of hydrogen-bond donors (Lipinski definition) is 5. The van der Waals surface area contributed by atoms with Crippen molar-refractivity contribution >= 4 is 0 Å².